The molecule has 6 heteroatoms. The van der Waals surface area contributed by atoms with Gasteiger partial charge in [-0.1, -0.05) is 50.8 Å². The molecular weight excluding hydrogens is 647 g/mol. The van der Waals surface area contributed by atoms with Gasteiger partial charge in [-0.2, -0.15) is 0 Å². The first-order valence-electron chi connectivity index (χ1n) is 12.2. The number of benzene rings is 4. The molecular formula is C31H25F2IrN2O-. The van der Waals surface area contributed by atoms with Gasteiger partial charge in [0.15, 0.2) is 0 Å². The van der Waals surface area contributed by atoms with Crippen LogP contribution in [-0.2, 0) is 20.1 Å². The molecule has 3 nitrogen and oxygen atoms in total. The van der Waals surface area contributed by atoms with Gasteiger partial charge < -0.3 is 8.98 Å². The van der Waals surface area contributed by atoms with Gasteiger partial charge in [0.05, 0.1) is 22.4 Å². The van der Waals surface area contributed by atoms with Crippen molar-refractivity contribution in [1.82, 2.24) is 9.55 Å². The molecule has 0 atom stereocenters. The zero-order chi connectivity index (χ0) is 25.1. The summed E-state index contributed by atoms with van der Waals surface area (Å²) >= 11 is 0. The molecule has 0 aliphatic carbocycles. The summed E-state index contributed by atoms with van der Waals surface area (Å²) in [6.07, 6.45) is 0. The molecule has 0 spiro atoms. The summed E-state index contributed by atoms with van der Waals surface area (Å²) in [5.41, 5.74) is 6.20. The van der Waals surface area contributed by atoms with E-state index >= 15 is 0 Å². The third-order valence-electron chi connectivity index (χ3n) is 6.78. The standard InChI is InChI=1S/C31H25F2N2O.Ir/c1-17(2)24-14-20(33)15-25(18(3)4)29(24)35-27-11-6-5-10-26(27)34-31(35)23-9-7-8-22-21-13-12-19(32)16-28(21)36-30(22)23;/h5-8,10-18H,1-4H3;/q-1;. The van der Waals surface area contributed by atoms with Crippen molar-refractivity contribution in [2.75, 3.05) is 0 Å². The number of imidazole rings is 1. The number of furan rings is 1. The Morgan fingerprint density at radius 2 is 1.54 bits per heavy atom. The zero-order valence-corrected chi connectivity index (χ0v) is 23.3. The van der Waals surface area contributed by atoms with Gasteiger partial charge in [-0.15, -0.1) is 18.2 Å². The van der Waals surface area contributed by atoms with E-state index < -0.39 is 0 Å². The van der Waals surface area contributed by atoms with Crippen LogP contribution in [0.25, 0.3) is 50.0 Å². The Morgan fingerprint density at radius 3 is 2.24 bits per heavy atom. The monoisotopic (exact) mass is 672 g/mol. The van der Waals surface area contributed by atoms with E-state index in [-0.39, 0.29) is 43.6 Å². The summed E-state index contributed by atoms with van der Waals surface area (Å²) in [6.45, 7) is 8.28. The van der Waals surface area contributed by atoms with Crippen LogP contribution in [0.5, 0.6) is 0 Å². The van der Waals surface area contributed by atoms with Crippen LogP contribution in [0.1, 0.15) is 50.7 Å². The maximum Gasteiger partial charge on any atom is 0.126 e. The molecule has 0 aliphatic heterocycles. The maximum atomic E-state index is 14.8. The summed E-state index contributed by atoms with van der Waals surface area (Å²) in [6, 6.07) is 22.8. The molecule has 6 aromatic rings. The summed E-state index contributed by atoms with van der Waals surface area (Å²) in [5, 5.41) is 1.70. The number of hydrogen-bond acceptors (Lipinski definition) is 2. The topological polar surface area (TPSA) is 31.0 Å². The Kier molecular flexibility index (Phi) is 6.51. The molecule has 2 heterocycles. The number of para-hydroxylation sites is 2. The average Bonchev–Trinajstić information content (AvgIpc) is 3.41. The Hall–Kier alpha value is -3.34. The summed E-state index contributed by atoms with van der Waals surface area (Å²) in [5.74, 6) is 0.211. The molecule has 37 heavy (non-hydrogen) atoms. The van der Waals surface area contributed by atoms with Crippen LogP contribution in [0.4, 0.5) is 8.78 Å². The fraction of sp³-hybridized carbons (Fsp3) is 0.194. The number of rotatable bonds is 4. The third-order valence-corrected chi connectivity index (χ3v) is 6.78. The molecule has 4 aromatic carbocycles. The molecule has 0 saturated carbocycles. The molecule has 0 aliphatic rings. The van der Waals surface area contributed by atoms with Gasteiger partial charge in [0.1, 0.15) is 17.2 Å². The van der Waals surface area contributed by atoms with Crippen LogP contribution in [0, 0.1) is 17.7 Å². The fourth-order valence-electron chi connectivity index (χ4n) is 5.08. The van der Waals surface area contributed by atoms with Gasteiger partial charge in [0.2, 0.25) is 0 Å². The first-order valence-corrected chi connectivity index (χ1v) is 12.2. The predicted octanol–water partition coefficient (Wildman–Crippen LogP) is 8.91. The van der Waals surface area contributed by atoms with Gasteiger partial charge in [-0.05, 0) is 59.4 Å². The second-order valence-electron chi connectivity index (χ2n) is 9.84. The minimum absolute atomic E-state index is 0. The average molecular weight is 672 g/mol. The minimum atomic E-state index is -0.353. The Morgan fingerprint density at radius 1 is 0.838 bits per heavy atom. The van der Waals surface area contributed by atoms with E-state index in [9.17, 15) is 8.78 Å². The van der Waals surface area contributed by atoms with Crippen molar-refractivity contribution in [2.45, 2.75) is 39.5 Å². The van der Waals surface area contributed by atoms with Crippen molar-refractivity contribution < 1.29 is 33.3 Å². The van der Waals surface area contributed by atoms with E-state index in [1.54, 1.807) is 18.2 Å². The van der Waals surface area contributed by atoms with E-state index in [0.717, 1.165) is 38.6 Å². The van der Waals surface area contributed by atoms with Gasteiger partial charge in [-0.25, -0.2) is 8.78 Å². The molecule has 0 fully saturated rings. The van der Waals surface area contributed by atoms with E-state index in [4.69, 9.17) is 9.40 Å². The molecule has 0 saturated heterocycles. The second kappa shape index (κ2) is 9.51. The van der Waals surface area contributed by atoms with Crippen LogP contribution in [0.15, 0.2) is 71.1 Å². The van der Waals surface area contributed by atoms with Crippen molar-refractivity contribution in [3.8, 4) is 17.1 Å². The second-order valence-corrected chi connectivity index (χ2v) is 9.84. The zero-order valence-electron chi connectivity index (χ0n) is 20.9. The van der Waals surface area contributed by atoms with Crippen molar-refractivity contribution in [3.63, 3.8) is 0 Å². The smallest absolute Gasteiger partial charge is 0.126 e. The van der Waals surface area contributed by atoms with E-state index in [1.165, 1.54) is 12.1 Å². The maximum absolute atomic E-state index is 14.8. The van der Waals surface area contributed by atoms with Crippen molar-refractivity contribution in [2.24, 2.45) is 0 Å². The number of halogens is 2. The Labute approximate surface area is 227 Å². The predicted molar refractivity (Wildman–Crippen MR) is 141 cm³/mol. The first kappa shape index (κ1) is 25.3. The summed E-state index contributed by atoms with van der Waals surface area (Å²) in [7, 11) is 0. The van der Waals surface area contributed by atoms with Gasteiger partial charge >= 0.3 is 0 Å². The number of hydrogen-bond donors (Lipinski definition) is 0. The van der Waals surface area contributed by atoms with Crippen LogP contribution >= 0.6 is 0 Å². The first-order chi connectivity index (χ1) is 17.3. The largest absolute Gasteiger partial charge is 0.500 e. The minimum Gasteiger partial charge on any atom is -0.500 e. The number of nitrogens with zero attached hydrogens (tertiary/aromatic N) is 2. The van der Waals surface area contributed by atoms with Crippen LogP contribution in [0.3, 0.4) is 0 Å². The van der Waals surface area contributed by atoms with E-state index in [1.807, 2.05) is 36.4 Å². The molecule has 1 radical (unpaired) electrons. The molecule has 0 bridgehead atoms. The SMILES string of the molecule is CC(C)c1cc(F)cc(C(C)C)c1-n1c(-c2[c-]ccc3c2oc2cc(F)ccc23)nc2ccccc21.[Ir]. The van der Waals surface area contributed by atoms with E-state index in [2.05, 4.69) is 38.3 Å². The molecule has 0 N–H and O–H groups in total. The van der Waals surface area contributed by atoms with Crippen LogP contribution in [-0.4, -0.2) is 9.55 Å². The van der Waals surface area contributed by atoms with Crippen molar-refractivity contribution in [3.05, 3.63) is 95.6 Å². The van der Waals surface area contributed by atoms with Crippen molar-refractivity contribution in [1.29, 1.82) is 0 Å². The van der Waals surface area contributed by atoms with E-state index in [0.29, 0.717) is 22.6 Å². The number of aromatic nitrogens is 2. The van der Waals surface area contributed by atoms with Crippen LogP contribution in [0.2, 0.25) is 0 Å². The normalized spacial score (nSPS) is 11.8. The molecule has 189 valence electrons. The molecule has 6 rings (SSSR count). The molecule has 0 unspecified atom stereocenters. The summed E-state index contributed by atoms with van der Waals surface area (Å²) < 4.78 is 37.1. The van der Waals surface area contributed by atoms with Gasteiger partial charge in [0, 0.05) is 37.2 Å². The Balaban J connectivity index is 0.00000280. The Bertz CT molecular complexity index is 1750. The van der Waals surface area contributed by atoms with Crippen molar-refractivity contribution >= 4 is 33.0 Å². The molecule has 2 aromatic heterocycles. The quantitative estimate of drug-likeness (QED) is 0.175. The molecule has 0 amide bonds. The number of fused-ring (bicyclic) bond motifs is 4. The van der Waals surface area contributed by atoms with Gasteiger partial charge in [-0.3, -0.25) is 4.98 Å². The van der Waals surface area contributed by atoms with Gasteiger partial charge in [0.25, 0.3) is 0 Å². The summed E-state index contributed by atoms with van der Waals surface area (Å²) in [4.78, 5) is 5.02. The fourth-order valence-corrected chi connectivity index (χ4v) is 5.08. The third kappa shape index (κ3) is 4.09. The van der Waals surface area contributed by atoms with Crippen LogP contribution < -0.4 is 0 Å².